The topological polar surface area (TPSA) is 75.3 Å². The summed E-state index contributed by atoms with van der Waals surface area (Å²) < 4.78 is 27.5. The van der Waals surface area contributed by atoms with Gasteiger partial charge in [0.25, 0.3) is 0 Å². The van der Waals surface area contributed by atoms with Gasteiger partial charge in [-0.2, -0.15) is 0 Å². The Morgan fingerprint density at radius 1 is 0.833 bits per heavy atom. The van der Waals surface area contributed by atoms with Crippen LogP contribution in [0.2, 0.25) is 0 Å². The Kier molecular flexibility index (Phi) is 7.38. The van der Waals surface area contributed by atoms with E-state index in [1.807, 2.05) is 61.5 Å². The second-order valence-corrected chi connectivity index (χ2v) is 8.96. The highest BCUT2D eigenvalue weighted by molar-refractivity contribution is 7.89. The van der Waals surface area contributed by atoms with Gasteiger partial charge in [-0.1, -0.05) is 54.6 Å². The summed E-state index contributed by atoms with van der Waals surface area (Å²) in [5.74, 6) is -0.0696. The van der Waals surface area contributed by atoms with E-state index in [2.05, 4.69) is 10.0 Å². The number of sulfonamides is 1. The van der Waals surface area contributed by atoms with Crippen LogP contribution in [-0.2, 0) is 27.7 Å². The van der Waals surface area contributed by atoms with Crippen LogP contribution in [0.5, 0.6) is 0 Å². The number of carbonyl (C=O) groups excluding carboxylic acids is 1. The Hall–Kier alpha value is -2.96. The molecule has 0 aromatic heterocycles. The second-order valence-electron chi connectivity index (χ2n) is 7.19. The molecule has 30 heavy (non-hydrogen) atoms. The van der Waals surface area contributed by atoms with Crippen molar-refractivity contribution in [3.63, 3.8) is 0 Å². The lowest BCUT2D eigenvalue weighted by atomic mass is 10.1. The summed E-state index contributed by atoms with van der Waals surface area (Å²) in [6.07, 6.45) is 1.50. The minimum atomic E-state index is -3.55. The number of anilines is 1. The third-order valence-corrected chi connectivity index (χ3v) is 6.20. The zero-order valence-corrected chi connectivity index (χ0v) is 17.8. The molecule has 3 rings (SSSR count). The maximum atomic E-state index is 12.5. The normalized spacial score (nSPS) is 11.2. The smallest absolute Gasteiger partial charge is 0.240 e. The van der Waals surface area contributed by atoms with Crippen molar-refractivity contribution in [2.24, 2.45) is 0 Å². The first-order valence-corrected chi connectivity index (χ1v) is 11.4. The molecule has 5 nitrogen and oxygen atoms in total. The van der Waals surface area contributed by atoms with E-state index in [1.165, 1.54) is 0 Å². The molecule has 0 spiro atoms. The summed E-state index contributed by atoms with van der Waals surface area (Å²) in [5, 5.41) is 2.88. The van der Waals surface area contributed by atoms with Gasteiger partial charge in [0.05, 0.1) is 4.90 Å². The first kappa shape index (κ1) is 21.7. The van der Waals surface area contributed by atoms with Crippen LogP contribution in [0.3, 0.4) is 0 Å². The molecule has 0 radical (unpaired) electrons. The van der Waals surface area contributed by atoms with Crippen LogP contribution in [0.15, 0.2) is 83.8 Å². The molecule has 0 heterocycles. The molecule has 0 fully saturated rings. The van der Waals surface area contributed by atoms with E-state index in [-0.39, 0.29) is 10.8 Å². The lowest BCUT2D eigenvalue weighted by molar-refractivity contribution is -0.116. The molecule has 3 aromatic carbocycles. The number of aryl methyl sites for hydroxylation is 2. The Morgan fingerprint density at radius 2 is 1.53 bits per heavy atom. The van der Waals surface area contributed by atoms with Gasteiger partial charge in [0.1, 0.15) is 0 Å². The molecule has 6 heteroatoms. The van der Waals surface area contributed by atoms with E-state index in [4.69, 9.17) is 0 Å². The van der Waals surface area contributed by atoms with Crippen LogP contribution in [0.25, 0.3) is 0 Å². The van der Waals surface area contributed by atoms with Gasteiger partial charge in [-0.15, -0.1) is 0 Å². The zero-order chi connectivity index (χ0) is 21.4. The number of hydrogen-bond donors (Lipinski definition) is 2. The Balaban J connectivity index is 1.49. The van der Waals surface area contributed by atoms with Gasteiger partial charge in [-0.3, -0.25) is 4.79 Å². The van der Waals surface area contributed by atoms with Crippen molar-refractivity contribution < 1.29 is 13.2 Å². The standard InChI is InChI=1S/C24H26N2O3S/c1-19-6-5-9-22(18-19)26-24(27)15-12-21-10-13-23(14-11-21)30(28,29)25-17-16-20-7-3-2-4-8-20/h2-11,13-14,18,25H,12,15-17H2,1H3,(H,26,27). The molecular formula is C24H26N2O3S. The van der Waals surface area contributed by atoms with Crippen LogP contribution in [0, 0.1) is 6.92 Å². The largest absolute Gasteiger partial charge is 0.326 e. The number of hydrogen-bond acceptors (Lipinski definition) is 3. The SMILES string of the molecule is Cc1cccc(NC(=O)CCc2ccc(S(=O)(=O)NCCc3ccccc3)cc2)c1. The lowest BCUT2D eigenvalue weighted by Gasteiger charge is -2.09. The van der Waals surface area contributed by atoms with Gasteiger partial charge in [-0.25, -0.2) is 13.1 Å². The highest BCUT2D eigenvalue weighted by atomic mass is 32.2. The van der Waals surface area contributed by atoms with Crippen molar-refractivity contribution in [1.82, 2.24) is 4.72 Å². The molecule has 0 atom stereocenters. The number of rotatable bonds is 9. The Morgan fingerprint density at radius 3 is 2.23 bits per heavy atom. The van der Waals surface area contributed by atoms with E-state index < -0.39 is 10.0 Å². The molecule has 0 unspecified atom stereocenters. The van der Waals surface area contributed by atoms with E-state index in [1.54, 1.807) is 24.3 Å². The fraction of sp³-hybridized carbons (Fsp3) is 0.208. The molecule has 0 aliphatic heterocycles. The fourth-order valence-corrected chi connectivity index (χ4v) is 4.13. The van der Waals surface area contributed by atoms with E-state index in [0.29, 0.717) is 25.8 Å². The third-order valence-electron chi connectivity index (χ3n) is 4.72. The van der Waals surface area contributed by atoms with Gasteiger partial charge in [-0.05, 0) is 60.7 Å². The molecule has 0 saturated carbocycles. The van der Waals surface area contributed by atoms with Gasteiger partial charge in [0.15, 0.2) is 0 Å². The Bertz CT molecular complexity index is 1080. The highest BCUT2D eigenvalue weighted by Gasteiger charge is 2.13. The van der Waals surface area contributed by atoms with Crippen LogP contribution in [-0.4, -0.2) is 20.9 Å². The van der Waals surface area contributed by atoms with Crippen molar-refractivity contribution in [3.8, 4) is 0 Å². The van der Waals surface area contributed by atoms with Crippen molar-refractivity contribution in [2.75, 3.05) is 11.9 Å². The van der Waals surface area contributed by atoms with E-state index in [9.17, 15) is 13.2 Å². The van der Waals surface area contributed by atoms with Gasteiger partial charge >= 0.3 is 0 Å². The predicted octanol–water partition coefficient (Wildman–Crippen LogP) is 4.09. The fourth-order valence-electron chi connectivity index (χ4n) is 3.10. The van der Waals surface area contributed by atoms with Crippen LogP contribution >= 0.6 is 0 Å². The molecule has 156 valence electrons. The Labute approximate surface area is 178 Å². The summed E-state index contributed by atoms with van der Waals surface area (Å²) >= 11 is 0. The predicted molar refractivity (Wildman–Crippen MR) is 120 cm³/mol. The van der Waals surface area contributed by atoms with Gasteiger partial charge in [0.2, 0.25) is 15.9 Å². The van der Waals surface area contributed by atoms with Crippen molar-refractivity contribution in [1.29, 1.82) is 0 Å². The average molecular weight is 423 g/mol. The summed E-state index contributed by atoms with van der Waals surface area (Å²) in [5.41, 5.74) is 3.86. The average Bonchev–Trinajstić information content (AvgIpc) is 2.73. The van der Waals surface area contributed by atoms with Gasteiger partial charge in [0, 0.05) is 18.7 Å². The molecule has 0 aliphatic rings. The lowest BCUT2D eigenvalue weighted by Crippen LogP contribution is -2.26. The van der Waals surface area contributed by atoms with Crippen LogP contribution < -0.4 is 10.0 Å². The molecule has 3 aromatic rings. The molecular weight excluding hydrogens is 396 g/mol. The first-order chi connectivity index (χ1) is 14.4. The maximum Gasteiger partial charge on any atom is 0.240 e. The minimum absolute atomic E-state index is 0.0696. The monoisotopic (exact) mass is 422 g/mol. The molecule has 0 bridgehead atoms. The summed E-state index contributed by atoms with van der Waals surface area (Å²) in [6.45, 7) is 2.31. The number of amides is 1. The summed E-state index contributed by atoms with van der Waals surface area (Å²) in [4.78, 5) is 12.4. The van der Waals surface area contributed by atoms with Gasteiger partial charge < -0.3 is 5.32 Å². The van der Waals surface area contributed by atoms with E-state index in [0.717, 1.165) is 22.4 Å². The maximum absolute atomic E-state index is 12.5. The van der Waals surface area contributed by atoms with Crippen LogP contribution in [0.4, 0.5) is 5.69 Å². The summed E-state index contributed by atoms with van der Waals surface area (Å²) in [6, 6.07) is 24.1. The van der Waals surface area contributed by atoms with Crippen molar-refractivity contribution >= 4 is 21.6 Å². The number of nitrogens with one attached hydrogen (secondary N) is 2. The quantitative estimate of drug-likeness (QED) is 0.545. The second kappa shape index (κ2) is 10.2. The zero-order valence-electron chi connectivity index (χ0n) is 17.0. The molecule has 1 amide bonds. The molecule has 0 saturated heterocycles. The minimum Gasteiger partial charge on any atom is -0.326 e. The van der Waals surface area contributed by atoms with E-state index >= 15 is 0 Å². The number of carbonyl (C=O) groups is 1. The first-order valence-electron chi connectivity index (χ1n) is 9.91. The molecule has 2 N–H and O–H groups in total. The van der Waals surface area contributed by atoms with Crippen molar-refractivity contribution in [2.45, 2.75) is 31.1 Å². The highest BCUT2D eigenvalue weighted by Crippen LogP contribution is 2.14. The third kappa shape index (κ3) is 6.54. The van der Waals surface area contributed by atoms with Crippen LogP contribution in [0.1, 0.15) is 23.1 Å². The summed E-state index contributed by atoms with van der Waals surface area (Å²) in [7, 11) is -3.55. The number of benzene rings is 3. The van der Waals surface area contributed by atoms with Crippen molar-refractivity contribution in [3.05, 3.63) is 95.6 Å². The molecule has 0 aliphatic carbocycles.